The third-order valence-electron chi connectivity index (χ3n) is 4.35. The lowest BCUT2D eigenvalue weighted by Gasteiger charge is -2.11. The van der Waals surface area contributed by atoms with E-state index in [1.807, 2.05) is 0 Å². The molecule has 0 saturated heterocycles. The zero-order valence-corrected chi connectivity index (χ0v) is 14.7. The molecule has 10 nitrogen and oxygen atoms in total. The number of anilines is 1. The van der Waals surface area contributed by atoms with Crippen molar-refractivity contribution in [1.29, 1.82) is 0 Å². The molecular weight excluding hydrogens is 373 g/mol. The lowest BCUT2D eigenvalue weighted by atomic mass is 10.0. The standard InChI is InChI=1S/C17H16FN5O5/c1-9-10(8-24)6-14(22(25)26)16(17(9)23(27)28)19-5-4-15-20-12-3-2-11(18)7-13(12)21-15/h2-3,6-7,19,24H,4-5,8H2,1H3,(H,20,21). The maximum Gasteiger partial charge on any atom is 0.302 e. The fourth-order valence-corrected chi connectivity index (χ4v) is 2.98. The second kappa shape index (κ2) is 7.56. The summed E-state index contributed by atoms with van der Waals surface area (Å²) in [6.07, 6.45) is 0.269. The number of hydrogen-bond donors (Lipinski definition) is 3. The molecule has 11 heteroatoms. The summed E-state index contributed by atoms with van der Waals surface area (Å²) in [5.41, 5.74) is 0.166. The Balaban J connectivity index is 1.88. The average molecular weight is 389 g/mol. The summed E-state index contributed by atoms with van der Waals surface area (Å²) in [4.78, 5) is 28.6. The molecule has 0 amide bonds. The van der Waals surface area contributed by atoms with Crippen LogP contribution in [0.5, 0.6) is 0 Å². The van der Waals surface area contributed by atoms with Crippen LogP contribution in [0.15, 0.2) is 24.3 Å². The minimum Gasteiger partial charge on any atom is -0.392 e. The maximum absolute atomic E-state index is 13.3. The molecule has 0 spiro atoms. The third-order valence-corrected chi connectivity index (χ3v) is 4.35. The number of aromatic nitrogens is 2. The molecule has 0 aliphatic carbocycles. The SMILES string of the molecule is Cc1c(CO)cc([N+](=O)[O-])c(NCCc2nc3ccc(F)cc3[nH]2)c1[N+](=O)[O-]. The first-order valence-corrected chi connectivity index (χ1v) is 8.26. The Kier molecular flexibility index (Phi) is 5.18. The molecule has 0 atom stereocenters. The molecule has 0 aliphatic rings. The fourth-order valence-electron chi connectivity index (χ4n) is 2.98. The minimum absolute atomic E-state index is 0.113. The molecule has 3 rings (SSSR count). The van der Waals surface area contributed by atoms with Gasteiger partial charge in [0.1, 0.15) is 11.6 Å². The topological polar surface area (TPSA) is 147 Å². The maximum atomic E-state index is 13.3. The summed E-state index contributed by atoms with van der Waals surface area (Å²) in [5, 5.41) is 34.9. The van der Waals surface area contributed by atoms with Gasteiger partial charge >= 0.3 is 5.69 Å². The van der Waals surface area contributed by atoms with Crippen LogP contribution in [0.2, 0.25) is 0 Å². The summed E-state index contributed by atoms with van der Waals surface area (Å²) < 4.78 is 13.3. The highest BCUT2D eigenvalue weighted by atomic mass is 19.1. The van der Waals surface area contributed by atoms with Crippen molar-refractivity contribution in [2.75, 3.05) is 11.9 Å². The van der Waals surface area contributed by atoms with Crippen molar-refractivity contribution in [3.05, 3.63) is 67.3 Å². The highest BCUT2D eigenvalue weighted by Crippen LogP contribution is 2.39. The number of rotatable bonds is 7. The van der Waals surface area contributed by atoms with E-state index in [2.05, 4.69) is 15.3 Å². The monoisotopic (exact) mass is 389 g/mol. The fraction of sp³-hybridized carbons (Fsp3) is 0.235. The highest BCUT2D eigenvalue weighted by Gasteiger charge is 2.30. The van der Waals surface area contributed by atoms with Gasteiger partial charge in [0.15, 0.2) is 5.69 Å². The van der Waals surface area contributed by atoms with Gasteiger partial charge in [-0.15, -0.1) is 0 Å². The Morgan fingerprint density at radius 1 is 1.25 bits per heavy atom. The third kappa shape index (κ3) is 3.60. The van der Waals surface area contributed by atoms with E-state index in [1.54, 1.807) is 0 Å². The summed E-state index contributed by atoms with van der Waals surface area (Å²) in [5.74, 6) is 0.0913. The van der Waals surface area contributed by atoms with Crippen LogP contribution in [0, 0.1) is 33.0 Å². The van der Waals surface area contributed by atoms with Crippen molar-refractivity contribution >= 4 is 28.1 Å². The van der Waals surface area contributed by atoms with E-state index in [0.717, 1.165) is 6.07 Å². The van der Waals surface area contributed by atoms with Crippen LogP contribution in [0.25, 0.3) is 11.0 Å². The minimum atomic E-state index is -0.738. The van der Waals surface area contributed by atoms with Crippen LogP contribution in [0.1, 0.15) is 17.0 Å². The van der Waals surface area contributed by atoms with Crippen LogP contribution in [0.3, 0.4) is 0 Å². The molecular formula is C17H16FN5O5. The van der Waals surface area contributed by atoms with Crippen molar-refractivity contribution in [3.63, 3.8) is 0 Å². The molecule has 0 fully saturated rings. The first-order chi connectivity index (χ1) is 13.3. The van der Waals surface area contributed by atoms with E-state index in [4.69, 9.17) is 0 Å². The smallest absolute Gasteiger partial charge is 0.302 e. The number of aliphatic hydroxyl groups excluding tert-OH is 1. The number of H-pyrrole nitrogens is 1. The molecule has 0 aliphatic heterocycles. The zero-order chi connectivity index (χ0) is 20.4. The van der Waals surface area contributed by atoms with Crippen LogP contribution < -0.4 is 5.32 Å². The average Bonchev–Trinajstić information content (AvgIpc) is 3.03. The number of nitrogens with one attached hydrogen (secondary N) is 2. The number of benzene rings is 2. The number of aliphatic hydroxyl groups is 1. The van der Waals surface area contributed by atoms with Gasteiger partial charge < -0.3 is 15.4 Å². The molecule has 3 aromatic rings. The molecule has 0 radical (unpaired) electrons. The summed E-state index contributed by atoms with van der Waals surface area (Å²) in [6, 6.07) is 5.22. The van der Waals surface area contributed by atoms with Crippen LogP contribution in [0.4, 0.5) is 21.5 Å². The van der Waals surface area contributed by atoms with Crippen LogP contribution in [-0.4, -0.2) is 31.5 Å². The van der Waals surface area contributed by atoms with Crippen LogP contribution >= 0.6 is 0 Å². The van der Waals surface area contributed by atoms with Gasteiger partial charge in [-0.3, -0.25) is 20.2 Å². The number of nitro benzene ring substituents is 2. The normalized spacial score (nSPS) is 11.0. The summed E-state index contributed by atoms with van der Waals surface area (Å²) >= 11 is 0. The van der Waals surface area contributed by atoms with E-state index < -0.39 is 33.6 Å². The molecule has 0 saturated carbocycles. The predicted octanol–water partition coefficient (Wildman–Crippen LogP) is 2.97. The first-order valence-electron chi connectivity index (χ1n) is 8.26. The van der Waals surface area contributed by atoms with Crippen molar-refractivity contribution in [3.8, 4) is 0 Å². The number of imidazole rings is 1. The zero-order valence-electron chi connectivity index (χ0n) is 14.7. The van der Waals surface area contributed by atoms with Gasteiger partial charge in [-0.2, -0.15) is 0 Å². The lowest BCUT2D eigenvalue weighted by Crippen LogP contribution is -2.12. The van der Waals surface area contributed by atoms with E-state index in [9.17, 15) is 29.7 Å². The largest absolute Gasteiger partial charge is 0.392 e. The van der Waals surface area contributed by atoms with Gasteiger partial charge in [0, 0.05) is 24.6 Å². The first kappa shape index (κ1) is 19.2. The summed E-state index contributed by atoms with van der Waals surface area (Å²) in [6.45, 7) is 0.984. The predicted molar refractivity (Wildman–Crippen MR) is 98.7 cm³/mol. The Morgan fingerprint density at radius 2 is 2.00 bits per heavy atom. The lowest BCUT2D eigenvalue weighted by molar-refractivity contribution is -0.392. The van der Waals surface area contributed by atoms with E-state index >= 15 is 0 Å². The second-order valence-electron chi connectivity index (χ2n) is 6.10. The molecule has 0 bridgehead atoms. The molecule has 2 aromatic carbocycles. The molecule has 146 valence electrons. The quantitative estimate of drug-likeness (QED) is 0.415. The number of nitrogens with zero attached hydrogens (tertiary/aromatic N) is 3. The van der Waals surface area contributed by atoms with Gasteiger partial charge in [0.05, 0.1) is 27.5 Å². The van der Waals surface area contributed by atoms with Gasteiger partial charge in [-0.1, -0.05) is 0 Å². The number of hydrogen-bond acceptors (Lipinski definition) is 7. The Hall–Kier alpha value is -3.60. The molecule has 28 heavy (non-hydrogen) atoms. The van der Waals surface area contributed by atoms with Crippen molar-refractivity contribution < 1.29 is 19.3 Å². The van der Waals surface area contributed by atoms with Crippen LogP contribution in [-0.2, 0) is 13.0 Å². The Labute approximate surface area is 157 Å². The number of nitro groups is 2. The Morgan fingerprint density at radius 3 is 2.64 bits per heavy atom. The van der Waals surface area contributed by atoms with E-state index in [0.29, 0.717) is 16.9 Å². The van der Waals surface area contributed by atoms with Gasteiger partial charge in [0.25, 0.3) is 5.69 Å². The van der Waals surface area contributed by atoms with Crippen molar-refractivity contribution in [2.24, 2.45) is 0 Å². The van der Waals surface area contributed by atoms with Gasteiger partial charge in [-0.25, -0.2) is 9.37 Å². The van der Waals surface area contributed by atoms with Crippen molar-refractivity contribution in [2.45, 2.75) is 20.0 Å². The highest BCUT2D eigenvalue weighted by molar-refractivity contribution is 5.78. The number of aromatic amines is 1. The molecule has 1 aromatic heterocycles. The van der Waals surface area contributed by atoms with Gasteiger partial charge in [0.2, 0.25) is 0 Å². The van der Waals surface area contributed by atoms with Gasteiger partial charge in [-0.05, 0) is 30.7 Å². The molecule has 1 heterocycles. The van der Waals surface area contributed by atoms with E-state index in [1.165, 1.54) is 25.1 Å². The van der Waals surface area contributed by atoms with E-state index in [-0.39, 0.29) is 29.8 Å². The second-order valence-corrected chi connectivity index (χ2v) is 6.10. The Bertz CT molecular complexity index is 1080. The number of halogens is 1. The summed E-state index contributed by atoms with van der Waals surface area (Å²) in [7, 11) is 0. The number of fused-ring (bicyclic) bond motifs is 1. The molecule has 0 unspecified atom stereocenters. The molecule has 3 N–H and O–H groups in total. The van der Waals surface area contributed by atoms with Crippen molar-refractivity contribution in [1.82, 2.24) is 9.97 Å².